The average Bonchev–Trinajstić information content (AvgIpc) is 2.91. The van der Waals surface area contributed by atoms with Crippen LogP contribution in [0.5, 0.6) is 5.75 Å². The molecule has 112 valence electrons. The molecule has 0 saturated carbocycles. The standard InChI is InChI=1S/C16H20N2O3/c1-11(2)12-7-5-6-8-13(12)21-16(3,4)15(19)17-14-9-10-20-18-14/h5-11H,1-4H3,(H,17,18,19). The predicted octanol–water partition coefficient (Wildman–Crippen LogP) is 3.59. The summed E-state index contributed by atoms with van der Waals surface area (Å²) in [5.41, 5.74) is 0.0454. The van der Waals surface area contributed by atoms with Crippen LogP contribution in [0.3, 0.4) is 0 Å². The molecule has 0 atom stereocenters. The molecule has 0 fully saturated rings. The first-order valence-electron chi connectivity index (χ1n) is 6.90. The van der Waals surface area contributed by atoms with Crippen molar-refractivity contribution in [1.82, 2.24) is 5.16 Å². The Labute approximate surface area is 124 Å². The third kappa shape index (κ3) is 3.62. The zero-order chi connectivity index (χ0) is 15.5. The lowest BCUT2D eigenvalue weighted by Gasteiger charge is -2.26. The maximum absolute atomic E-state index is 12.3. The van der Waals surface area contributed by atoms with E-state index in [1.54, 1.807) is 19.9 Å². The molecule has 5 heteroatoms. The molecule has 21 heavy (non-hydrogen) atoms. The summed E-state index contributed by atoms with van der Waals surface area (Å²) in [6, 6.07) is 9.32. The smallest absolute Gasteiger partial charge is 0.269 e. The summed E-state index contributed by atoms with van der Waals surface area (Å²) in [5, 5.41) is 6.32. The first-order valence-corrected chi connectivity index (χ1v) is 6.90. The molecule has 0 bridgehead atoms. The second kappa shape index (κ2) is 5.99. The lowest BCUT2D eigenvalue weighted by Crippen LogP contribution is -2.42. The highest BCUT2D eigenvalue weighted by Crippen LogP contribution is 2.29. The van der Waals surface area contributed by atoms with Crippen molar-refractivity contribution in [1.29, 1.82) is 0 Å². The summed E-state index contributed by atoms with van der Waals surface area (Å²) in [5.74, 6) is 1.12. The van der Waals surface area contributed by atoms with E-state index in [0.29, 0.717) is 17.5 Å². The maximum atomic E-state index is 12.3. The Bertz CT molecular complexity index is 604. The van der Waals surface area contributed by atoms with Crippen LogP contribution < -0.4 is 10.1 Å². The molecule has 1 N–H and O–H groups in total. The van der Waals surface area contributed by atoms with Gasteiger partial charge in [0.1, 0.15) is 12.0 Å². The van der Waals surface area contributed by atoms with E-state index in [4.69, 9.17) is 9.26 Å². The fraction of sp³-hybridized carbons (Fsp3) is 0.375. The molecule has 0 radical (unpaired) electrons. The number of hydrogen-bond acceptors (Lipinski definition) is 4. The summed E-state index contributed by atoms with van der Waals surface area (Å²) < 4.78 is 10.6. The minimum atomic E-state index is -1.02. The number of nitrogens with one attached hydrogen (secondary N) is 1. The van der Waals surface area contributed by atoms with Gasteiger partial charge in [-0.1, -0.05) is 37.2 Å². The van der Waals surface area contributed by atoms with Crippen LogP contribution in [-0.4, -0.2) is 16.7 Å². The zero-order valence-electron chi connectivity index (χ0n) is 12.7. The number of carbonyl (C=O) groups excluding carboxylic acids is 1. The van der Waals surface area contributed by atoms with Crippen LogP contribution in [0.25, 0.3) is 0 Å². The molecule has 1 heterocycles. The van der Waals surface area contributed by atoms with Crippen molar-refractivity contribution in [2.24, 2.45) is 0 Å². The summed E-state index contributed by atoms with van der Waals surface area (Å²) in [7, 11) is 0. The first-order chi connectivity index (χ1) is 9.90. The SMILES string of the molecule is CC(C)c1ccccc1OC(C)(C)C(=O)Nc1ccon1. The summed E-state index contributed by atoms with van der Waals surface area (Å²) >= 11 is 0. The number of nitrogens with zero attached hydrogens (tertiary/aromatic N) is 1. The van der Waals surface area contributed by atoms with Crippen LogP contribution in [0.2, 0.25) is 0 Å². The van der Waals surface area contributed by atoms with E-state index >= 15 is 0 Å². The highest BCUT2D eigenvalue weighted by atomic mass is 16.5. The van der Waals surface area contributed by atoms with Gasteiger partial charge in [0, 0.05) is 6.07 Å². The number of rotatable bonds is 5. The van der Waals surface area contributed by atoms with E-state index in [2.05, 4.69) is 24.3 Å². The predicted molar refractivity (Wildman–Crippen MR) is 80.4 cm³/mol. The van der Waals surface area contributed by atoms with E-state index < -0.39 is 5.60 Å². The average molecular weight is 288 g/mol. The van der Waals surface area contributed by atoms with Gasteiger partial charge in [0.05, 0.1) is 0 Å². The Hall–Kier alpha value is -2.30. The monoisotopic (exact) mass is 288 g/mol. The number of anilines is 1. The summed E-state index contributed by atoms with van der Waals surface area (Å²) in [6.07, 6.45) is 1.40. The number of amides is 1. The second-order valence-corrected chi connectivity index (χ2v) is 5.64. The summed E-state index contributed by atoms with van der Waals surface area (Å²) in [6.45, 7) is 7.62. The molecule has 1 aromatic carbocycles. The van der Waals surface area contributed by atoms with Gasteiger partial charge in [0.25, 0.3) is 5.91 Å². The van der Waals surface area contributed by atoms with Crippen molar-refractivity contribution in [2.45, 2.75) is 39.2 Å². The van der Waals surface area contributed by atoms with Gasteiger partial charge in [-0.25, -0.2) is 0 Å². The Kier molecular flexibility index (Phi) is 4.31. The van der Waals surface area contributed by atoms with Crippen molar-refractivity contribution in [2.75, 3.05) is 5.32 Å². The quantitative estimate of drug-likeness (QED) is 0.913. The van der Waals surface area contributed by atoms with E-state index in [1.807, 2.05) is 24.3 Å². The van der Waals surface area contributed by atoms with Crippen LogP contribution in [0.1, 0.15) is 39.2 Å². The number of para-hydroxylation sites is 1. The molecule has 2 aromatic rings. The van der Waals surface area contributed by atoms with Crippen LogP contribution in [-0.2, 0) is 4.79 Å². The van der Waals surface area contributed by atoms with E-state index in [-0.39, 0.29) is 5.91 Å². The fourth-order valence-corrected chi connectivity index (χ4v) is 1.92. The van der Waals surface area contributed by atoms with Gasteiger partial charge in [-0.2, -0.15) is 0 Å². The summed E-state index contributed by atoms with van der Waals surface area (Å²) in [4.78, 5) is 12.3. The van der Waals surface area contributed by atoms with Gasteiger partial charge in [-0.15, -0.1) is 0 Å². The maximum Gasteiger partial charge on any atom is 0.269 e. The van der Waals surface area contributed by atoms with E-state index in [1.165, 1.54) is 6.26 Å². The molecular formula is C16H20N2O3. The third-order valence-corrected chi connectivity index (χ3v) is 3.13. The van der Waals surface area contributed by atoms with Gasteiger partial charge in [-0.3, -0.25) is 4.79 Å². The number of hydrogen-bond donors (Lipinski definition) is 1. The number of benzene rings is 1. The van der Waals surface area contributed by atoms with Gasteiger partial charge in [0.2, 0.25) is 0 Å². The van der Waals surface area contributed by atoms with Gasteiger partial charge in [0.15, 0.2) is 11.4 Å². The van der Waals surface area contributed by atoms with Crippen molar-refractivity contribution in [3.05, 3.63) is 42.2 Å². The fourth-order valence-electron chi connectivity index (χ4n) is 1.92. The Morgan fingerprint density at radius 1 is 1.29 bits per heavy atom. The molecule has 0 aliphatic rings. The molecule has 0 saturated heterocycles. The van der Waals surface area contributed by atoms with Crippen molar-refractivity contribution < 1.29 is 14.1 Å². The molecular weight excluding hydrogens is 268 g/mol. The second-order valence-electron chi connectivity index (χ2n) is 5.64. The molecule has 0 spiro atoms. The first kappa shape index (κ1) is 15.1. The minimum Gasteiger partial charge on any atom is -0.478 e. The lowest BCUT2D eigenvalue weighted by atomic mass is 10.0. The molecule has 1 aromatic heterocycles. The van der Waals surface area contributed by atoms with Crippen molar-refractivity contribution >= 4 is 11.7 Å². The molecule has 0 aliphatic heterocycles. The Morgan fingerprint density at radius 3 is 2.62 bits per heavy atom. The van der Waals surface area contributed by atoms with Gasteiger partial charge >= 0.3 is 0 Å². The van der Waals surface area contributed by atoms with Gasteiger partial charge in [-0.05, 0) is 31.4 Å². The van der Waals surface area contributed by atoms with E-state index in [9.17, 15) is 4.79 Å². The zero-order valence-corrected chi connectivity index (χ0v) is 12.7. The van der Waals surface area contributed by atoms with E-state index in [0.717, 1.165) is 5.56 Å². The molecule has 1 amide bonds. The van der Waals surface area contributed by atoms with Crippen LogP contribution in [0.15, 0.2) is 41.1 Å². The Balaban J connectivity index is 2.15. The number of ether oxygens (including phenoxy) is 1. The highest BCUT2D eigenvalue weighted by molar-refractivity contribution is 5.96. The largest absolute Gasteiger partial charge is 0.478 e. The van der Waals surface area contributed by atoms with Crippen LogP contribution in [0, 0.1) is 0 Å². The topological polar surface area (TPSA) is 64.4 Å². The lowest BCUT2D eigenvalue weighted by molar-refractivity contribution is -0.128. The molecule has 5 nitrogen and oxygen atoms in total. The third-order valence-electron chi connectivity index (χ3n) is 3.13. The van der Waals surface area contributed by atoms with Crippen molar-refractivity contribution in [3.63, 3.8) is 0 Å². The molecule has 0 aliphatic carbocycles. The number of carbonyl (C=O) groups is 1. The van der Waals surface area contributed by atoms with Crippen LogP contribution >= 0.6 is 0 Å². The molecule has 0 unspecified atom stereocenters. The van der Waals surface area contributed by atoms with Crippen molar-refractivity contribution in [3.8, 4) is 5.75 Å². The number of aromatic nitrogens is 1. The minimum absolute atomic E-state index is 0.282. The normalized spacial score (nSPS) is 11.5. The van der Waals surface area contributed by atoms with Crippen LogP contribution in [0.4, 0.5) is 5.82 Å². The molecule has 2 rings (SSSR count). The Morgan fingerprint density at radius 2 is 2.00 bits per heavy atom. The highest BCUT2D eigenvalue weighted by Gasteiger charge is 2.31. The van der Waals surface area contributed by atoms with Gasteiger partial charge < -0.3 is 14.6 Å².